The molecule has 1 aromatic heterocycles. The van der Waals surface area contributed by atoms with Gasteiger partial charge in [-0.05, 0) is 31.5 Å². The number of benzene rings is 1. The predicted octanol–water partition coefficient (Wildman–Crippen LogP) is 1.96. The summed E-state index contributed by atoms with van der Waals surface area (Å²) in [5, 5.41) is 2.43. The zero-order valence-corrected chi connectivity index (χ0v) is 12.6. The summed E-state index contributed by atoms with van der Waals surface area (Å²) in [6.45, 7) is 3.45. The van der Waals surface area contributed by atoms with Crippen LogP contribution in [0.4, 0.5) is 10.1 Å². The van der Waals surface area contributed by atoms with Gasteiger partial charge in [-0.15, -0.1) is 11.3 Å². The molecule has 3 N–H and O–H groups in total. The lowest BCUT2D eigenvalue weighted by atomic mass is 10.2. The number of thiazole rings is 1. The number of nitrogens with one attached hydrogen (secondary N) is 1. The van der Waals surface area contributed by atoms with Gasteiger partial charge in [-0.1, -0.05) is 0 Å². The number of hydrogen-bond acceptors (Lipinski definition) is 5. The number of rotatable bonds is 4. The van der Waals surface area contributed by atoms with E-state index in [9.17, 15) is 12.8 Å². The van der Waals surface area contributed by atoms with Crippen molar-refractivity contribution >= 4 is 27.0 Å². The van der Waals surface area contributed by atoms with Crippen molar-refractivity contribution in [1.29, 1.82) is 0 Å². The summed E-state index contributed by atoms with van der Waals surface area (Å²) >= 11 is 1.34. The lowest BCUT2D eigenvalue weighted by Gasteiger charge is -2.09. The van der Waals surface area contributed by atoms with E-state index in [1.165, 1.54) is 11.3 Å². The van der Waals surface area contributed by atoms with Gasteiger partial charge in [-0.3, -0.25) is 0 Å². The number of nitrogen functional groups attached to an aromatic ring is 1. The average molecular weight is 315 g/mol. The number of halogens is 1. The molecule has 0 radical (unpaired) electrons. The molecule has 0 bridgehead atoms. The Morgan fingerprint density at radius 3 is 2.70 bits per heavy atom. The number of aryl methyl sites for hydroxylation is 2. The monoisotopic (exact) mass is 315 g/mol. The van der Waals surface area contributed by atoms with Crippen molar-refractivity contribution in [2.24, 2.45) is 0 Å². The molecule has 8 heteroatoms. The van der Waals surface area contributed by atoms with Crippen molar-refractivity contribution in [3.8, 4) is 0 Å². The van der Waals surface area contributed by atoms with Crippen LogP contribution < -0.4 is 10.5 Å². The van der Waals surface area contributed by atoms with Crippen LogP contribution in [0.1, 0.15) is 16.3 Å². The van der Waals surface area contributed by atoms with Crippen molar-refractivity contribution in [2.75, 3.05) is 5.73 Å². The second kappa shape index (κ2) is 5.47. The van der Waals surface area contributed by atoms with E-state index in [0.29, 0.717) is 10.6 Å². The van der Waals surface area contributed by atoms with Gasteiger partial charge in [0.2, 0.25) is 10.0 Å². The predicted molar refractivity (Wildman–Crippen MR) is 76.4 cm³/mol. The summed E-state index contributed by atoms with van der Waals surface area (Å²) < 4.78 is 40.2. The highest BCUT2D eigenvalue weighted by molar-refractivity contribution is 7.89. The first kappa shape index (κ1) is 14.9. The van der Waals surface area contributed by atoms with Gasteiger partial charge < -0.3 is 5.73 Å². The Morgan fingerprint density at radius 2 is 2.10 bits per heavy atom. The first-order chi connectivity index (χ1) is 9.29. The van der Waals surface area contributed by atoms with Gasteiger partial charge in [0.25, 0.3) is 0 Å². The molecule has 0 aliphatic carbocycles. The summed E-state index contributed by atoms with van der Waals surface area (Å²) in [5.74, 6) is -0.820. The molecule has 0 saturated heterocycles. The largest absolute Gasteiger partial charge is 0.398 e. The molecule has 20 heavy (non-hydrogen) atoms. The van der Waals surface area contributed by atoms with Crippen LogP contribution in [0.2, 0.25) is 0 Å². The Hall–Kier alpha value is -1.51. The molecule has 0 amide bonds. The number of nitrogens with zero attached hydrogens (tertiary/aromatic N) is 1. The highest BCUT2D eigenvalue weighted by Gasteiger charge is 2.20. The molecule has 1 heterocycles. The smallest absolute Gasteiger partial charge is 0.243 e. The van der Waals surface area contributed by atoms with Crippen LogP contribution in [0.3, 0.4) is 0 Å². The molecule has 1 aromatic carbocycles. The quantitative estimate of drug-likeness (QED) is 0.845. The van der Waals surface area contributed by atoms with E-state index in [1.807, 2.05) is 12.3 Å². The fourth-order valence-electron chi connectivity index (χ4n) is 1.59. The molecule has 108 valence electrons. The van der Waals surface area contributed by atoms with Crippen LogP contribution in [0.15, 0.2) is 22.4 Å². The Bertz CT molecular complexity index is 741. The molecule has 0 atom stereocenters. The molecule has 0 unspecified atom stereocenters. The molecular weight excluding hydrogens is 301 g/mol. The van der Waals surface area contributed by atoms with Gasteiger partial charge in [0.15, 0.2) is 0 Å². The second-order valence-corrected chi connectivity index (χ2v) is 7.02. The fourth-order valence-corrected chi connectivity index (χ4v) is 3.48. The van der Waals surface area contributed by atoms with Crippen LogP contribution in [0.25, 0.3) is 0 Å². The number of nitrogens with two attached hydrogens (primary N) is 1. The minimum Gasteiger partial charge on any atom is -0.398 e. The standard InChI is InChI=1S/C12H14FN3O2S2/c1-7-3-9(13)11(4-10(7)14)20(17,18)15-5-12-16-8(2)6-19-12/h3-4,6,15H,5,14H2,1-2H3. The highest BCUT2D eigenvalue weighted by Crippen LogP contribution is 2.21. The van der Waals surface area contributed by atoms with Crippen LogP contribution in [0, 0.1) is 19.7 Å². The lowest BCUT2D eigenvalue weighted by molar-refractivity contribution is 0.556. The number of hydrogen-bond donors (Lipinski definition) is 2. The zero-order valence-electron chi connectivity index (χ0n) is 11.0. The van der Waals surface area contributed by atoms with E-state index >= 15 is 0 Å². The normalized spacial score (nSPS) is 11.8. The summed E-state index contributed by atoms with van der Waals surface area (Å²) in [7, 11) is -3.96. The van der Waals surface area contributed by atoms with E-state index in [1.54, 1.807) is 6.92 Å². The molecule has 0 aliphatic heterocycles. The molecule has 2 aromatic rings. The Labute approximate surface area is 120 Å². The summed E-state index contributed by atoms with van der Waals surface area (Å²) in [5.41, 5.74) is 7.17. The van der Waals surface area contributed by atoms with Crippen LogP contribution in [-0.2, 0) is 16.6 Å². The van der Waals surface area contributed by atoms with E-state index in [2.05, 4.69) is 9.71 Å². The number of aromatic nitrogens is 1. The number of sulfonamides is 1. The summed E-state index contributed by atoms with van der Waals surface area (Å²) in [6.07, 6.45) is 0. The van der Waals surface area contributed by atoms with Gasteiger partial charge in [-0.25, -0.2) is 22.5 Å². The first-order valence-corrected chi connectivity index (χ1v) is 8.12. The SMILES string of the molecule is Cc1csc(CNS(=O)(=O)c2cc(N)c(C)cc2F)n1. The maximum Gasteiger partial charge on any atom is 0.243 e. The molecule has 0 saturated carbocycles. The van der Waals surface area contributed by atoms with Crippen molar-refractivity contribution in [2.45, 2.75) is 25.3 Å². The third-order valence-corrected chi connectivity index (χ3v) is 5.07. The van der Waals surface area contributed by atoms with E-state index < -0.39 is 20.7 Å². The molecule has 0 fully saturated rings. The van der Waals surface area contributed by atoms with Gasteiger partial charge >= 0.3 is 0 Å². The summed E-state index contributed by atoms with van der Waals surface area (Å²) in [4.78, 5) is 3.68. The Morgan fingerprint density at radius 1 is 1.40 bits per heavy atom. The van der Waals surface area contributed by atoms with E-state index in [4.69, 9.17) is 5.73 Å². The Balaban J connectivity index is 2.24. The maximum atomic E-state index is 13.8. The third-order valence-electron chi connectivity index (χ3n) is 2.69. The van der Waals surface area contributed by atoms with Crippen molar-refractivity contribution in [1.82, 2.24) is 9.71 Å². The van der Waals surface area contributed by atoms with Crippen LogP contribution in [0.5, 0.6) is 0 Å². The second-order valence-electron chi connectivity index (χ2n) is 4.35. The highest BCUT2D eigenvalue weighted by atomic mass is 32.2. The molecular formula is C12H14FN3O2S2. The van der Waals surface area contributed by atoms with Gasteiger partial charge in [0, 0.05) is 16.8 Å². The molecule has 2 rings (SSSR count). The maximum absolute atomic E-state index is 13.8. The van der Waals surface area contributed by atoms with Gasteiger partial charge in [0.1, 0.15) is 15.7 Å². The fraction of sp³-hybridized carbons (Fsp3) is 0.250. The molecule has 5 nitrogen and oxygen atoms in total. The summed E-state index contributed by atoms with van der Waals surface area (Å²) in [6, 6.07) is 2.23. The zero-order chi connectivity index (χ0) is 14.9. The van der Waals surface area contributed by atoms with Crippen molar-refractivity contribution in [3.05, 3.63) is 39.6 Å². The number of anilines is 1. The lowest BCUT2D eigenvalue weighted by Crippen LogP contribution is -2.24. The van der Waals surface area contributed by atoms with Crippen LogP contribution in [-0.4, -0.2) is 13.4 Å². The van der Waals surface area contributed by atoms with Crippen molar-refractivity contribution in [3.63, 3.8) is 0 Å². The van der Waals surface area contributed by atoms with Crippen LogP contribution >= 0.6 is 11.3 Å². The van der Waals surface area contributed by atoms with Crippen molar-refractivity contribution < 1.29 is 12.8 Å². The molecule has 0 spiro atoms. The minimum atomic E-state index is -3.96. The van der Waals surface area contributed by atoms with Gasteiger partial charge in [-0.2, -0.15) is 0 Å². The van der Waals surface area contributed by atoms with Gasteiger partial charge in [0.05, 0.1) is 6.54 Å². The van der Waals surface area contributed by atoms with E-state index in [-0.39, 0.29) is 12.2 Å². The Kier molecular flexibility index (Phi) is 4.07. The minimum absolute atomic E-state index is 0.0219. The van der Waals surface area contributed by atoms with E-state index in [0.717, 1.165) is 17.8 Å². The first-order valence-electron chi connectivity index (χ1n) is 5.76. The average Bonchev–Trinajstić information content (AvgIpc) is 2.77. The topological polar surface area (TPSA) is 85.1 Å². The molecule has 0 aliphatic rings. The third kappa shape index (κ3) is 3.14.